The first-order valence-corrected chi connectivity index (χ1v) is 7.16. The molecule has 0 unspecified atom stereocenters. The van der Waals surface area contributed by atoms with Crippen LogP contribution >= 0.6 is 15.9 Å². The van der Waals surface area contributed by atoms with Gasteiger partial charge < -0.3 is 14.2 Å². The first-order valence-electron chi connectivity index (χ1n) is 6.36. The van der Waals surface area contributed by atoms with Crippen molar-refractivity contribution in [3.63, 3.8) is 0 Å². The molecule has 2 heterocycles. The van der Waals surface area contributed by atoms with Crippen LogP contribution in [0.1, 0.15) is 30.6 Å². The summed E-state index contributed by atoms with van der Waals surface area (Å²) in [4.78, 5) is 12.2. The van der Waals surface area contributed by atoms with E-state index in [0.29, 0.717) is 12.2 Å². The SMILES string of the molecule is CC1(C)OC[C@@H]([C@@H]2CC(=O)c3cc(Br)c(F)cc3O2)O1. The average molecular weight is 345 g/mol. The third-order valence-electron chi connectivity index (χ3n) is 3.43. The molecule has 1 aromatic rings. The van der Waals surface area contributed by atoms with E-state index >= 15 is 0 Å². The van der Waals surface area contributed by atoms with Gasteiger partial charge in [0.25, 0.3) is 0 Å². The van der Waals surface area contributed by atoms with Crippen LogP contribution in [-0.2, 0) is 9.47 Å². The van der Waals surface area contributed by atoms with Gasteiger partial charge in [0.05, 0.1) is 23.1 Å². The molecule has 0 N–H and O–H groups in total. The molecule has 2 atom stereocenters. The molecule has 0 radical (unpaired) electrons. The summed E-state index contributed by atoms with van der Waals surface area (Å²) in [7, 11) is 0. The zero-order valence-electron chi connectivity index (χ0n) is 11.1. The number of carbonyl (C=O) groups excluding carboxylic acids is 1. The van der Waals surface area contributed by atoms with E-state index in [1.54, 1.807) is 0 Å². The van der Waals surface area contributed by atoms with E-state index in [1.165, 1.54) is 12.1 Å². The van der Waals surface area contributed by atoms with E-state index < -0.39 is 17.7 Å². The van der Waals surface area contributed by atoms with Crippen molar-refractivity contribution in [3.05, 3.63) is 28.0 Å². The van der Waals surface area contributed by atoms with Gasteiger partial charge in [0.2, 0.25) is 0 Å². The third-order valence-corrected chi connectivity index (χ3v) is 4.04. The molecule has 20 heavy (non-hydrogen) atoms. The molecule has 0 saturated carbocycles. The van der Waals surface area contributed by atoms with Crippen LogP contribution in [0.25, 0.3) is 0 Å². The lowest BCUT2D eigenvalue weighted by molar-refractivity contribution is -0.149. The van der Waals surface area contributed by atoms with Crippen molar-refractivity contribution < 1.29 is 23.4 Å². The second kappa shape index (κ2) is 4.79. The van der Waals surface area contributed by atoms with Crippen molar-refractivity contribution in [2.75, 3.05) is 6.61 Å². The van der Waals surface area contributed by atoms with Gasteiger partial charge in [0, 0.05) is 6.07 Å². The van der Waals surface area contributed by atoms with Crippen molar-refractivity contribution in [1.82, 2.24) is 0 Å². The fourth-order valence-corrected chi connectivity index (χ4v) is 2.79. The van der Waals surface area contributed by atoms with Crippen LogP contribution in [0.3, 0.4) is 0 Å². The summed E-state index contributed by atoms with van der Waals surface area (Å²) in [6.07, 6.45) is -0.569. The van der Waals surface area contributed by atoms with Crippen LogP contribution < -0.4 is 4.74 Å². The molecule has 6 heteroatoms. The summed E-state index contributed by atoms with van der Waals surface area (Å²) in [6.45, 7) is 3.98. The smallest absolute Gasteiger partial charge is 0.170 e. The molecule has 0 aromatic heterocycles. The van der Waals surface area contributed by atoms with Crippen LogP contribution in [0.4, 0.5) is 4.39 Å². The van der Waals surface area contributed by atoms with E-state index in [9.17, 15) is 9.18 Å². The second-order valence-electron chi connectivity index (χ2n) is 5.41. The molecule has 0 spiro atoms. The van der Waals surface area contributed by atoms with Crippen molar-refractivity contribution in [3.8, 4) is 5.75 Å². The topological polar surface area (TPSA) is 44.8 Å². The highest BCUT2D eigenvalue weighted by molar-refractivity contribution is 9.10. The van der Waals surface area contributed by atoms with Gasteiger partial charge in [-0.1, -0.05) is 0 Å². The van der Waals surface area contributed by atoms with E-state index in [1.807, 2.05) is 13.8 Å². The van der Waals surface area contributed by atoms with Gasteiger partial charge in [-0.3, -0.25) is 4.79 Å². The van der Waals surface area contributed by atoms with Gasteiger partial charge in [-0.2, -0.15) is 0 Å². The Hall–Kier alpha value is -0.980. The number of hydrogen-bond acceptors (Lipinski definition) is 4. The molecule has 2 aliphatic rings. The third kappa shape index (κ3) is 2.47. The molecule has 2 aliphatic heterocycles. The lowest BCUT2D eigenvalue weighted by Gasteiger charge is -2.29. The zero-order chi connectivity index (χ0) is 14.5. The number of Topliss-reactive ketones (excluding diaryl/α,β-unsaturated/α-hetero) is 1. The molecule has 0 bridgehead atoms. The number of fused-ring (bicyclic) bond motifs is 1. The Balaban J connectivity index is 1.86. The Morgan fingerprint density at radius 2 is 2.10 bits per heavy atom. The van der Waals surface area contributed by atoms with Gasteiger partial charge in [-0.05, 0) is 35.8 Å². The Kier molecular flexibility index (Phi) is 3.35. The minimum atomic E-state index is -0.678. The summed E-state index contributed by atoms with van der Waals surface area (Å²) in [5.74, 6) is -0.950. The van der Waals surface area contributed by atoms with Gasteiger partial charge in [-0.25, -0.2) is 4.39 Å². The normalized spacial score (nSPS) is 28.1. The monoisotopic (exact) mass is 344 g/mol. The second-order valence-corrected chi connectivity index (χ2v) is 6.27. The maximum absolute atomic E-state index is 13.6. The van der Waals surface area contributed by atoms with Crippen LogP contribution in [0.15, 0.2) is 16.6 Å². The first-order chi connectivity index (χ1) is 9.35. The highest BCUT2D eigenvalue weighted by Crippen LogP contribution is 2.35. The van der Waals surface area contributed by atoms with Crippen LogP contribution in [0, 0.1) is 5.82 Å². The van der Waals surface area contributed by atoms with Crippen LogP contribution in [0.2, 0.25) is 0 Å². The fourth-order valence-electron chi connectivity index (χ4n) is 2.45. The largest absolute Gasteiger partial charge is 0.486 e. The molecule has 1 fully saturated rings. The van der Waals surface area contributed by atoms with E-state index in [4.69, 9.17) is 14.2 Å². The predicted octanol–water partition coefficient (Wildman–Crippen LogP) is 3.07. The number of carbonyl (C=O) groups is 1. The number of ketones is 1. The standard InChI is InChI=1S/C14H14BrFO4/c1-14(2)18-6-13(20-14)12-5-10(17)7-3-8(15)9(16)4-11(7)19-12/h3-4,12-13H,5-6H2,1-2H3/t12-,13-/m0/s1. The van der Waals surface area contributed by atoms with Gasteiger partial charge in [0.1, 0.15) is 23.8 Å². The molecule has 1 saturated heterocycles. The van der Waals surface area contributed by atoms with Crippen molar-refractivity contribution >= 4 is 21.7 Å². The van der Waals surface area contributed by atoms with Gasteiger partial charge in [-0.15, -0.1) is 0 Å². The van der Waals surface area contributed by atoms with Crippen molar-refractivity contribution in [1.29, 1.82) is 0 Å². The number of ether oxygens (including phenoxy) is 3. The lowest BCUT2D eigenvalue weighted by atomic mass is 9.98. The van der Waals surface area contributed by atoms with E-state index in [-0.39, 0.29) is 28.5 Å². The number of rotatable bonds is 1. The highest BCUT2D eigenvalue weighted by atomic mass is 79.9. The summed E-state index contributed by atoms with van der Waals surface area (Å²) < 4.78 is 30.7. The molecule has 1 aromatic carbocycles. The van der Waals surface area contributed by atoms with E-state index in [2.05, 4.69) is 15.9 Å². The Bertz CT molecular complexity index is 573. The minimum Gasteiger partial charge on any atom is -0.486 e. The van der Waals surface area contributed by atoms with Crippen LogP contribution in [-0.4, -0.2) is 30.4 Å². The Morgan fingerprint density at radius 3 is 2.75 bits per heavy atom. The lowest BCUT2D eigenvalue weighted by Crippen LogP contribution is -2.39. The predicted molar refractivity (Wildman–Crippen MR) is 72.4 cm³/mol. The van der Waals surface area contributed by atoms with Crippen LogP contribution in [0.5, 0.6) is 5.75 Å². The molecular formula is C14H14BrFO4. The number of halogens is 2. The molecular weight excluding hydrogens is 331 g/mol. The molecule has 108 valence electrons. The quantitative estimate of drug-likeness (QED) is 0.785. The molecule has 3 rings (SSSR count). The summed E-state index contributed by atoms with van der Waals surface area (Å²) in [5, 5.41) is 0. The van der Waals surface area contributed by atoms with Gasteiger partial charge >= 0.3 is 0 Å². The Labute approximate surface area is 124 Å². The maximum atomic E-state index is 13.6. The highest BCUT2D eigenvalue weighted by Gasteiger charge is 2.41. The minimum absolute atomic E-state index is 0.0785. The fraction of sp³-hybridized carbons (Fsp3) is 0.500. The van der Waals surface area contributed by atoms with Crippen molar-refractivity contribution in [2.45, 2.75) is 38.3 Å². The van der Waals surface area contributed by atoms with Gasteiger partial charge in [0.15, 0.2) is 11.6 Å². The maximum Gasteiger partial charge on any atom is 0.170 e. The molecule has 4 nitrogen and oxygen atoms in total. The number of hydrogen-bond donors (Lipinski definition) is 0. The van der Waals surface area contributed by atoms with E-state index in [0.717, 1.165) is 0 Å². The molecule has 0 amide bonds. The Morgan fingerprint density at radius 1 is 1.35 bits per heavy atom. The van der Waals surface area contributed by atoms with Crippen molar-refractivity contribution in [2.24, 2.45) is 0 Å². The molecule has 0 aliphatic carbocycles. The number of benzene rings is 1. The zero-order valence-corrected chi connectivity index (χ0v) is 12.7. The summed E-state index contributed by atoms with van der Waals surface area (Å²) in [6, 6.07) is 2.68. The summed E-state index contributed by atoms with van der Waals surface area (Å²) in [5.41, 5.74) is 0.396. The first kappa shape index (κ1) is 14.0. The average Bonchev–Trinajstić information content (AvgIpc) is 2.72. The summed E-state index contributed by atoms with van der Waals surface area (Å²) >= 11 is 3.07.